The number of aromatic nitrogens is 3. The number of thioether (sulfide) groups is 1. The van der Waals surface area contributed by atoms with E-state index in [-0.39, 0.29) is 11.0 Å². The first kappa shape index (κ1) is 23.8. The number of carbonyl (C=O) groups excluding carboxylic acids is 1. The van der Waals surface area contributed by atoms with Crippen LogP contribution in [0.3, 0.4) is 0 Å². The van der Waals surface area contributed by atoms with Crippen molar-refractivity contribution in [2.75, 3.05) is 0 Å². The van der Waals surface area contributed by atoms with Crippen LogP contribution in [0, 0.1) is 0 Å². The molecule has 1 saturated carbocycles. The van der Waals surface area contributed by atoms with Gasteiger partial charge in [-0.05, 0) is 48.1 Å². The fourth-order valence-electron chi connectivity index (χ4n) is 5.18. The Balaban J connectivity index is 1.44. The number of hydrogen-bond acceptors (Lipinski definition) is 4. The van der Waals surface area contributed by atoms with E-state index >= 15 is 0 Å². The molecule has 1 fully saturated rings. The van der Waals surface area contributed by atoms with Crippen molar-refractivity contribution in [2.24, 2.45) is 0 Å². The van der Waals surface area contributed by atoms with Gasteiger partial charge < -0.3 is 4.57 Å². The maximum absolute atomic E-state index is 13.2. The molecule has 4 aromatic rings. The quantitative estimate of drug-likeness (QED) is 0.193. The van der Waals surface area contributed by atoms with Crippen molar-refractivity contribution in [3.05, 3.63) is 89.2 Å². The zero-order valence-electron chi connectivity index (χ0n) is 20.6. The van der Waals surface area contributed by atoms with Gasteiger partial charge in [0.15, 0.2) is 10.9 Å². The van der Waals surface area contributed by atoms with Crippen LogP contribution < -0.4 is 0 Å². The van der Waals surface area contributed by atoms with Gasteiger partial charge in [0, 0.05) is 18.0 Å². The van der Waals surface area contributed by atoms with Crippen molar-refractivity contribution < 1.29 is 4.79 Å². The molecule has 0 amide bonds. The van der Waals surface area contributed by atoms with Crippen LogP contribution in [-0.2, 0) is 12.8 Å². The van der Waals surface area contributed by atoms with Crippen LogP contribution in [-0.4, -0.2) is 25.8 Å². The van der Waals surface area contributed by atoms with E-state index in [4.69, 9.17) is 0 Å². The minimum absolute atomic E-state index is 0.145. The number of fused-ring (bicyclic) bond motifs is 1. The summed E-state index contributed by atoms with van der Waals surface area (Å²) in [4.78, 5) is 13.2. The minimum atomic E-state index is -0.223. The molecule has 3 aromatic carbocycles. The second-order valence-corrected chi connectivity index (χ2v) is 10.9. The van der Waals surface area contributed by atoms with Crippen LogP contribution >= 0.6 is 11.8 Å². The highest BCUT2D eigenvalue weighted by atomic mass is 32.2. The Hall–Kier alpha value is -2.92. The van der Waals surface area contributed by atoms with Crippen LogP contribution in [0.2, 0.25) is 0 Å². The monoisotopic (exact) mass is 483 g/mol. The molecule has 35 heavy (non-hydrogen) atoms. The Bertz CT molecular complexity index is 1300. The number of nitrogens with zero attached hydrogens (tertiary/aromatic N) is 3. The molecule has 1 heterocycles. The Kier molecular flexibility index (Phi) is 7.33. The third-order valence-corrected chi connectivity index (χ3v) is 8.26. The third-order valence-electron chi connectivity index (χ3n) is 7.20. The Morgan fingerprint density at radius 1 is 0.971 bits per heavy atom. The summed E-state index contributed by atoms with van der Waals surface area (Å²) in [5, 5.41) is 12.5. The van der Waals surface area contributed by atoms with E-state index in [0.717, 1.165) is 42.2 Å². The molecule has 0 bridgehead atoms. The van der Waals surface area contributed by atoms with Gasteiger partial charge in [0.05, 0.1) is 5.25 Å². The number of Topliss-reactive ketones (excluding diaryl/α,β-unsaturated/α-hetero) is 1. The van der Waals surface area contributed by atoms with Gasteiger partial charge in [-0.1, -0.05) is 105 Å². The first-order valence-corrected chi connectivity index (χ1v) is 13.7. The summed E-state index contributed by atoms with van der Waals surface area (Å²) >= 11 is 1.55. The number of benzene rings is 3. The molecule has 1 unspecified atom stereocenters. The third kappa shape index (κ3) is 5.20. The minimum Gasteiger partial charge on any atom is -0.303 e. The number of carbonyl (C=O) groups is 1. The first-order valence-electron chi connectivity index (χ1n) is 12.8. The largest absolute Gasteiger partial charge is 0.303 e. The Labute approximate surface area is 212 Å². The molecular weight excluding hydrogens is 450 g/mol. The molecule has 1 aliphatic carbocycles. The molecule has 1 aliphatic rings. The summed E-state index contributed by atoms with van der Waals surface area (Å²) in [6.45, 7) is 4.12. The van der Waals surface area contributed by atoms with Gasteiger partial charge in [-0.15, -0.1) is 10.2 Å². The molecule has 0 N–H and O–H groups in total. The Morgan fingerprint density at radius 2 is 1.71 bits per heavy atom. The normalized spacial score (nSPS) is 15.4. The summed E-state index contributed by atoms with van der Waals surface area (Å²) in [7, 11) is 0. The van der Waals surface area contributed by atoms with E-state index in [2.05, 4.69) is 76.3 Å². The molecule has 1 aromatic heterocycles. The lowest BCUT2D eigenvalue weighted by molar-refractivity contribution is 0.0993. The highest BCUT2D eigenvalue weighted by Gasteiger charge is 2.26. The average Bonchev–Trinajstić information content (AvgIpc) is 3.30. The standard InChI is InChI=1S/C30H33N3OS/c1-3-22-16-18-24(19-17-22)29(34)21(2)35-30-32-31-28(33(30)26-13-5-4-6-14-26)20-25-12-9-11-23-10-7-8-15-27(23)25/h7-12,15-19,21,26H,3-6,13-14,20H2,1-2H3. The summed E-state index contributed by atoms with van der Waals surface area (Å²) < 4.78 is 2.36. The zero-order chi connectivity index (χ0) is 24.2. The molecule has 5 rings (SSSR count). The van der Waals surface area contributed by atoms with Crippen LogP contribution in [0.15, 0.2) is 71.9 Å². The number of aryl methyl sites for hydroxylation is 1. The van der Waals surface area contributed by atoms with Crippen LogP contribution in [0.5, 0.6) is 0 Å². The van der Waals surface area contributed by atoms with Crippen molar-refractivity contribution in [2.45, 2.75) is 75.2 Å². The van der Waals surface area contributed by atoms with E-state index in [0.29, 0.717) is 6.04 Å². The fourth-order valence-corrected chi connectivity index (χ4v) is 6.20. The Morgan fingerprint density at radius 3 is 2.49 bits per heavy atom. The summed E-state index contributed by atoms with van der Waals surface area (Å²) in [6, 6.07) is 23.4. The topological polar surface area (TPSA) is 47.8 Å². The number of rotatable bonds is 8. The van der Waals surface area contributed by atoms with Gasteiger partial charge >= 0.3 is 0 Å². The molecule has 0 aliphatic heterocycles. The maximum atomic E-state index is 13.2. The summed E-state index contributed by atoms with van der Waals surface area (Å²) in [5.41, 5.74) is 3.28. The molecule has 5 heteroatoms. The number of hydrogen-bond donors (Lipinski definition) is 0. The van der Waals surface area contributed by atoms with Crippen molar-refractivity contribution in [1.82, 2.24) is 14.8 Å². The maximum Gasteiger partial charge on any atom is 0.192 e. The molecule has 1 atom stereocenters. The van der Waals surface area contributed by atoms with Gasteiger partial charge in [-0.2, -0.15) is 0 Å². The number of ketones is 1. The van der Waals surface area contributed by atoms with Gasteiger partial charge in [-0.25, -0.2) is 0 Å². The summed E-state index contributed by atoms with van der Waals surface area (Å²) in [6.07, 6.45) is 7.78. The second-order valence-electron chi connectivity index (χ2n) is 9.55. The predicted molar refractivity (Wildman–Crippen MR) is 144 cm³/mol. The smallest absolute Gasteiger partial charge is 0.192 e. The van der Waals surface area contributed by atoms with Crippen molar-refractivity contribution in [1.29, 1.82) is 0 Å². The fraction of sp³-hybridized carbons (Fsp3) is 0.367. The van der Waals surface area contributed by atoms with Gasteiger partial charge in [0.1, 0.15) is 5.82 Å². The van der Waals surface area contributed by atoms with Crippen molar-refractivity contribution in [3.63, 3.8) is 0 Å². The van der Waals surface area contributed by atoms with E-state index in [9.17, 15) is 4.79 Å². The van der Waals surface area contributed by atoms with E-state index in [1.807, 2.05) is 19.1 Å². The van der Waals surface area contributed by atoms with Crippen LogP contribution in [0.4, 0.5) is 0 Å². The molecule has 180 valence electrons. The van der Waals surface area contributed by atoms with Crippen LogP contribution in [0.1, 0.15) is 79.3 Å². The first-order chi connectivity index (χ1) is 17.1. The van der Waals surface area contributed by atoms with Gasteiger partial charge in [-0.3, -0.25) is 4.79 Å². The van der Waals surface area contributed by atoms with E-state index in [1.165, 1.54) is 41.2 Å². The molecule has 0 radical (unpaired) electrons. The van der Waals surface area contributed by atoms with Crippen molar-refractivity contribution in [3.8, 4) is 0 Å². The zero-order valence-corrected chi connectivity index (χ0v) is 21.4. The average molecular weight is 484 g/mol. The van der Waals surface area contributed by atoms with E-state index in [1.54, 1.807) is 11.8 Å². The van der Waals surface area contributed by atoms with Gasteiger partial charge in [0.2, 0.25) is 0 Å². The molecule has 0 saturated heterocycles. The molecular formula is C30H33N3OS. The SMILES string of the molecule is CCc1ccc(C(=O)C(C)Sc2nnc(Cc3cccc4ccccc34)n2C2CCCCC2)cc1. The van der Waals surface area contributed by atoms with Crippen molar-refractivity contribution >= 4 is 28.3 Å². The lowest BCUT2D eigenvalue weighted by Gasteiger charge is -2.26. The molecule has 4 nitrogen and oxygen atoms in total. The summed E-state index contributed by atoms with van der Waals surface area (Å²) in [5.74, 6) is 1.15. The lowest BCUT2D eigenvalue weighted by atomic mass is 9.95. The van der Waals surface area contributed by atoms with Crippen LogP contribution in [0.25, 0.3) is 10.8 Å². The predicted octanol–water partition coefficient (Wildman–Crippen LogP) is 7.45. The molecule has 0 spiro atoms. The highest BCUT2D eigenvalue weighted by molar-refractivity contribution is 8.00. The highest BCUT2D eigenvalue weighted by Crippen LogP contribution is 2.35. The lowest BCUT2D eigenvalue weighted by Crippen LogP contribution is -2.19. The van der Waals surface area contributed by atoms with Gasteiger partial charge in [0.25, 0.3) is 0 Å². The second kappa shape index (κ2) is 10.8. The van der Waals surface area contributed by atoms with E-state index < -0.39 is 0 Å².